The van der Waals surface area contributed by atoms with Gasteiger partial charge in [0.25, 0.3) is 0 Å². The number of hydrogen-bond acceptors (Lipinski definition) is 6. The molecule has 1 aromatic rings. The van der Waals surface area contributed by atoms with Gasteiger partial charge in [0.2, 0.25) is 0 Å². The number of ether oxygens (including phenoxy) is 2. The van der Waals surface area contributed by atoms with Gasteiger partial charge in [-0.25, -0.2) is 4.79 Å². The quantitative estimate of drug-likeness (QED) is 0.744. The van der Waals surface area contributed by atoms with Crippen molar-refractivity contribution in [3.05, 3.63) is 22.2 Å². The van der Waals surface area contributed by atoms with Crippen molar-refractivity contribution < 1.29 is 14.6 Å². The van der Waals surface area contributed by atoms with E-state index in [1.165, 1.54) is 4.57 Å². The maximum atomic E-state index is 11.9. The lowest BCUT2D eigenvalue weighted by Gasteiger charge is -2.30. The van der Waals surface area contributed by atoms with Gasteiger partial charge in [-0.15, -0.1) is 0 Å². The fourth-order valence-electron chi connectivity index (χ4n) is 2.79. The molecule has 2 fully saturated rings. The molecule has 0 aliphatic carbocycles. The van der Waals surface area contributed by atoms with Crippen LogP contribution in [-0.2, 0) is 9.47 Å². The van der Waals surface area contributed by atoms with E-state index in [1.54, 1.807) is 13.1 Å². The van der Waals surface area contributed by atoms with Gasteiger partial charge in [-0.3, -0.25) is 4.57 Å². The Labute approximate surface area is 110 Å². The molecule has 7 nitrogen and oxygen atoms in total. The summed E-state index contributed by atoms with van der Waals surface area (Å²) < 4.78 is 12.9. The van der Waals surface area contributed by atoms with Gasteiger partial charge in [0, 0.05) is 17.7 Å². The number of rotatable bonds is 2. The van der Waals surface area contributed by atoms with Crippen molar-refractivity contribution in [3.63, 3.8) is 0 Å². The molecule has 2 aliphatic heterocycles. The van der Waals surface area contributed by atoms with E-state index in [-0.39, 0.29) is 24.4 Å². The summed E-state index contributed by atoms with van der Waals surface area (Å²) in [5.74, 6) is 0.238. The van der Waals surface area contributed by atoms with E-state index in [1.807, 2.05) is 6.92 Å². The highest BCUT2D eigenvalue weighted by molar-refractivity contribution is 5.35. The summed E-state index contributed by atoms with van der Waals surface area (Å²) in [6.45, 7) is 3.95. The van der Waals surface area contributed by atoms with Crippen molar-refractivity contribution in [1.82, 2.24) is 9.55 Å². The first-order valence-corrected chi connectivity index (χ1v) is 6.24. The number of aliphatic hydroxyl groups is 1. The zero-order valence-electron chi connectivity index (χ0n) is 10.9. The summed E-state index contributed by atoms with van der Waals surface area (Å²) in [5, 5.41) is 9.52. The molecule has 104 valence electrons. The number of nitrogens with two attached hydrogens (primary N) is 1. The minimum atomic E-state index is -0.718. The Kier molecular flexibility index (Phi) is 2.67. The van der Waals surface area contributed by atoms with Crippen LogP contribution in [0.5, 0.6) is 0 Å². The predicted octanol–water partition coefficient (Wildman–Crippen LogP) is -0.571. The molecule has 0 saturated carbocycles. The zero-order valence-corrected chi connectivity index (χ0v) is 10.9. The van der Waals surface area contributed by atoms with Crippen LogP contribution in [0.1, 0.15) is 18.7 Å². The molecule has 0 amide bonds. The molecule has 3 rings (SSSR count). The van der Waals surface area contributed by atoms with Crippen LogP contribution < -0.4 is 11.4 Å². The van der Waals surface area contributed by atoms with Gasteiger partial charge >= 0.3 is 5.69 Å². The van der Waals surface area contributed by atoms with Crippen molar-refractivity contribution in [2.75, 3.05) is 18.9 Å². The van der Waals surface area contributed by atoms with E-state index in [0.29, 0.717) is 12.2 Å². The van der Waals surface area contributed by atoms with Crippen LogP contribution >= 0.6 is 0 Å². The summed E-state index contributed by atoms with van der Waals surface area (Å²) in [6.07, 6.45) is 0.807. The lowest BCUT2D eigenvalue weighted by atomic mass is 9.91. The third-order valence-corrected chi connectivity index (χ3v) is 4.19. The Morgan fingerprint density at radius 3 is 3.05 bits per heavy atom. The van der Waals surface area contributed by atoms with Crippen molar-refractivity contribution >= 4 is 5.82 Å². The second kappa shape index (κ2) is 4.03. The van der Waals surface area contributed by atoms with Crippen LogP contribution in [0.2, 0.25) is 0 Å². The van der Waals surface area contributed by atoms with Crippen LogP contribution in [0.4, 0.5) is 5.82 Å². The highest BCUT2D eigenvalue weighted by atomic mass is 16.6. The normalized spacial score (nSPS) is 36.9. The summed E-state index contributed by atoms with van der Waals surface area (Å²) in [7, 11) is 0. The number of aromatic nitrogens is 2. The van der Waals surface area contributed by atoms with Gasteiger partial charge < -0.3 is 20.3 Å². The van der Waals surface area contributed by atoms with E-state index >= 15 is 0 Å². The summed E-state index contributed by atoms with van der Waals surface area (Å²) >= 11 is 0. The molecule has 2 bridgehead atoms. The number of aliphatic hydroxyl groups excluding tert-OH is 1. The number of hydrogen-bond donors (Lipinski definition) is 2. The van der Waals surface area contributed by atoms with Crippen molar-refractivity contribution in [2.24, 2.45) is 5.92 Å². The van der Waals surface area contributed by atoms with Gasteiger partial charge in [0.15, 0.2) is 6.23 Å². The number of aryl methyl sites for hydroxylation is 1. The van der Waals surface area contributed by atoms with E-state index in [2.05, 4.69) is 4.98 Å². The van der Waals surface area contributed by atoms with Crippen molar-refractivity contribution in [3.8, 4) is 0 Å². The first-order chi connectivity index (χ1) is 8.98. The monoisotopic (exact) mass is 267 g/mol. The lowest BCUT2D eigenvalue weighted by Crippen LogP contribution is -2.42. The minimum Gasteiger partial charge on any atom is -0.393 e. The van der Waals surface area contributed by atoms with Crippen LogP contribution in [0.3, 0.4) is 0 Å². The lowest BCUT2D eigenvalue weighted by molar-refractivity contribution is -0.186. The van der Waals surface area contributed by atoms with Gasteiger partial charge in [-0.05, 0) is 6.92 Å². The Morgan fingerprint density at radius 1 is 1.68 bits per heavy atom. The Balaban J connectivity index is 2.02. The SMILES string of the molecule is Cc1cn([C@@H]2O[C@@]3(CO)COC2[C@H]3C)c(=O)nc1N. The topological polar surface area (TPSA) is 99.6 Å². The fourth-order valence-corrected chi connectivity index (χ4v) is 2.79. The van der Waals surface area contributed by atoms with E-state index < -0.39 is 17.5 Å². The number of nitrogen functional groups attached to an aromatic ring is 1. The first kappa shape index (κ1) is 12.6. The number of anilines is 1. The molecule has 1 aromatic heterocycles. The molecule has 2 saturated heterocycles. The average Bonchev–Trinajstić information content (AvgIpc) is 2.85. The zero-order chi connectivity index (χ0) is 13.8. The molecule has 3 N–H and O–H groups in total. The molecule has 0 spiro atoms. The molecule has 1 unspecified atom stereocenters. The molecule has 19 heavy (non-hydrogen) atoms. The van der Waals surface area contributed by atoms with Crippen molar-refractivity contribution in [1.29, 1.82) is 0 Å². The number of nitrogens with zero attached hydrogens (tertiary/aromatic N) is 2. The Morgan fingerprint density at radius 2 is 2.42 bits per heavy atom. The number of fused-ring (bicyclic) bond motifs is 2. The van der Waals surface area contributed by atoms with Crippen LogP contribution in [0.15, 0.2) is 11.0 Å². The highest BCUT2D eigenvalue weighted by Gasteiger charge is 2.59. The van der Waals surface area contributed by atoms with Crippen LogP contribution in [0, 0.1) is 12.8 Å². The smallest absolute Gasteiger partial charge is 0.351 e. The van der Waals surface area contributed by atoms with E-state index in [9.17, 15) is 9.90 Å². The summed E-state index contributed by atoms with van der Waals surface area (Å²) in [4.78, 5) is 15.7. The molecule has 0 aromatic carbocycles. The minimum absolute atomic E-state index is 0.0206. The van der Waals surface area contributed by atoms with Crippen molar-refractivity contribution in [2.45, 2.75) is 31.8 Å². The maximum absolute atomic E-state index is 11.9. The molecule has 3 heterocycles. The molecule has 2 aliphatic rings. The predicted molar refractivity (Wildman–Crippen MR) is 66.5 cm³/mol. The second-order valence-corrected chi connectivity index (χ2v) is 5.29. The van der Waals surface area contributed by atoms with Gasteiger partial charge in [0.05, 0.1) is 13.2 Å². The second-order valence-electron chi connectivity index (χ2n) is 5.29. The van der Waals surface area contributed by atoms with Crippen LogP contribution in [-0.4, -0.2) is 39.6 Å². The summed E-state index contributed by atoms with van der Waals surface area (Å²) in [6, 6.07) is 0. The van der Waals surface area contributed by atoms with Gasteiger partial charge in [-0.1, -0.05) is 6.92 Å². The molecular weight excluding hydrogens is 250 g/mol. The fraction of sp³-hybridized carbons (Fsp3) is 0.667. The Bertz CT molecular complexity index is 573. The molecule has 7 heteroatoms. The summed E-state index contributed by atoms with van der Waals surface area (Å²) in [5.41, 5.74) is 5.13. The molecule has 4 atom stereocenters. The van der Waals surface area contributed by atoms with Gasteiger partial charge in [0.1, 0.15) is 17.5 Å². The van der Waals surface area contributed by atoms with Crippen LogP contribution in [0.25, 0.3) is 0 Å². The molecule has 0 radical (unpaired) electrons. The maximum Gasteiger partial charge on any atom is 0.351 e. The Hall–Kier alpha value is -1.44. The average molecular weight is 267 g/mol. The van der Waals surface area contributed by atoms with E-state index in [0.717, 1.165) is 0 Å². The molecular formula is C12H17N3O4. The van der Waals surface area contributed by atoms with E-state index in [4.69, 9.17) is 15.2 Å². The third-order valence-electron chi connectivity index (χ3n) is 4.19. The van der Waals surface area contributed by atoms with Gasteiger partial charge in [-0.2, -0.15) is 4.98 Å². The standard InChI is InChI=1S/C12H17N3O4/c1-6-3-15(11(17)14-9(6)13)10-8-7(2)12(4-16,19-10)5-18-8/h3,7-8,10,16H,4-5H2,1-2H3,(H2,13,14,17)/t7-,8?,10-,12+/m1/s1. The third kappa shape index (κ3) is 1.62. The largest absolute Gasteiger partial charge is 0.393 e. The first-order valence-electron chi connectivity index (χ1n) is 6.24. The highest BCUT2D eigenvalue weighted by Crippen LogP contribution is 2.48.